The molecule has 0 N–H and O–H groups in total. The molecule has 0 aromatic heterocycles. The van der Waals surface area contributed by atoms with Crippen LogP contribution in [-0.4, -0.2) is 7.25 Å². The Morgan fingerprint density at radius 3 is 1.57 bits per heavy atom. The maximum Gasteiger partial charge on any atom is 1.00 e. The molecule has 0 aliphatic carbocycles. The topological polar surface area (TPSA) is 0 Å². The Kier molecular flexibility index (Phi) is 10.1. The van der Waals surface area contributed by atoms with Crippen molar-refractivity contribution < 1.29 is 68.6 Å². The Hall–Kier alpha value is 0.201. The van der Waals surface area contributed by atoms with Crippen LogP contribution in [0.2, 0.25) is 0 Å². The molecule has 0 amide bonds. The van der Waals surface area contributed by atoms with Crippen LogP contribution in [0.25, 0.3) is 0 Å². The standard InChI is InChI=1S/C8H6.BF4.K/c1-2-8-6-4-3-5-7-8;2-1(3,4)5;/h1,3-7H;;/q;-1;+1. The van der Waals surface area contributed by atoms with Gasteiger partial charge in [0, 0.05) is 5.56 Å². The minimum atomic E-state index is -6.00. The Labute approximate surface area is 123 Å². The second-order valence-corrected chi connectivity index (χ2v) is 2.01. The number of hydrogen-bond donors (Lipinski definition) is 0. The van der Waals surface area contributed by atoms with Crippen LogP contribution in [0.15, 0.2) is 30.3 Å². The van der Waals surface area contributed by atoms with E-state index in [1.165, 1.54) is 0 Å². The number of rotatable bonds is 0. The summed E-state index contributed by atoms with van der Waals surface area (Å²) in [6.07, 6.45) is 5.10. The summed E-state index contributed by atoms with van der Waals surface area (Å²) in [4.78, 5) is 0. The third kappa shape index (κ3) is 14.7. The van der Waals surface area contributed by atoms with Gasteiger partial charge in [-0.3, -0.25) is 0 Å². The van der Waals surface area contributed by atoms with Gasteiger partial charge in [0.05, 0.1) is 0 Å². The van der Waals surface area contributed by atoms with Crippen molar-refractivity contribution in [3.63, 3.8) is 0 Å². The first-order chi connectivity index (χ1) is 5.93. The van der Waals surface area contributed by atoms with Crippen molar-refractivity contribution in [2.45, 2.75) is 0 Å². The smallest absolute Gasteiger partial charge is 0.418 e. The minimum Gasteiger partial charge on any atom is -0.418 e. The molecular weight excluding hydrogens is 222 g/mol. The molecule has 0 radical (unpaired) electrons. The molecular formula is C8H6BF4K. The molecule has 14 heavy (non-hydrogen) atoms. The van der Waals surface area contributed by atoms with Crippen LogP contribution in [0.3, 0.4) is 0 Å². The van der Waals surface area contributed by atoms with E-state index in [0.717, 1.165) is 5.56 Å². The van der Waals surface area contributed by atoms with Crippen LogP contribution < -0.4 is 51.4 Å². The average molecular weight is 228 g/mol. The largest absolute Gasteiger partial charge is 1.00 e. The van der Waals surface area contributed by atoms with Gasteiger partial charge in [-0.2, -0.15) is 0 Å². The fraction of sp³-hybridized carbons (Fsp3) is 0. The SMILES string of the molecule is C#Cc1ccccc1.F[B-](F)(F)F.[K+]. The predicted molar refractivity (Wildman–Crippen MR) is 44.6 cm³/mol. The van der Waals surface area contributed by atoms with Gasteiger partial charge in [-0.05, 0) is 12.1 Å². The maximum absolute atomic E-state index is 9.75. The van der Waals surface area contributed by atoms with E-state index >= 15 is 0 Å². The van der Waals surface area contributed by atoms with Crippen LogP contribution >= 0.6 is 0 Å². The van der Waals surface area contributed by atoms with Crippen molar-refractivity contribution >= 4 is 7.25 Å². The zero-order valence-corrected chi connectivity index (χ0v) is 10.7. The van der Waals surface area contributed by atoms with Gasteiger partial charge in [-0.15, -0.1) is 6.42 Å². The molecule has 0 spiro atoms. The molecule has 0 heterocycles. The minimum absolute atomic E-state index is 0. The first-order valence-electron chi connectivity index (χ1n) is 3.32. The van der Waals surface area contributed by atoms with Crippen molar-refractivity contribution in [3.05, 3.63) is 35.9 Å². The summed E-state index contributed by atoms with van der Waals surface area (Å²) in [7, 11) is -6.00. The first kappa shape index (κ1) is 16.6. The molecule has 1 aromatic carbocycles. The summed E-state index contributed by atoms with van der Waals surface area (Å²) in [5.41, 5.74) is 0.938. The van der Waals surface area contributed by atoms with Gasteiger partial charge in [0.25, 0.3) is 0 Å². The summed E-state index contributed by atoms with van der Waals surface area (Å²) < 4.78 is 39.0. The van der Waals surface area contributed by atoms with Gasteiger partial charge >= 0.3 is 58.6 Å². The number of benzene rings is 1. The second-order valence-electron chi connectivity index (χ2n) is 2.01. The van der Waals surface area contributed by atoms with E-state index in [2.05, 4.69) is 5.92 Å². The van der Waals surface area contributed by atoms with Crippen molar-refractivity contribution in [1.29, 1.82) is 0 Å². The van der Waals surface area contributed by atoms with E-state index in [9.17, 15) is 17.3 Å². The van der Waals surface area contributed by atoms with Crippen LogP contribution in [-0.2, 0) is 0 Å². The van der Waals surface area contributed by atoms with Crippen LogP contribution in [0.5, 0.6) is 0 Å². The molecule has 6 heteroatoms. The first-order valence-corrected chi connectivity index (χ1v) is 3.32. The monoisotopic (exact) mass is 228 g/mol. The zero-order valence-electron chi connectivity index (χ0n) is 7.55. The van der Waals surface area contributed by atoms with Crippen LogP contribution in [0, 0.1) is 12.3 Å². The molecule has 0 unspecified atom stereocenters. The van der Waals surface area contributed by atoms with Gasteiger partial charge in [0.2, 0.25) is 0 Å². The fourth-order valence-corrected chi connectivity index (χ4v) is 0.534. The number of terminal acetylenes is 1. The van der Waals surface area contributed by atoms with E-state index in [1.54, 1.807) is 0 Å². The summed E-state index contributed by atoms with van der Waals surface area (Å²) in [6, 6.07) is 9.60. The Morgan fingerprint density at radius 2 is 1.36 bits per heavy atom. The molecule has 0 bridgehead atoms. The van der Waals surface area contributed by atoms with Gasteiger partial charge in [0.15, 0.2) is 0 Å². The van der Waals surface area contributed by atoms with E-state index in [1.807, 2.05) is 30.3 Å². The third-order valence-electron chi connectivity index (χ3n) is 0.940. The molecule has 0 atom stereocenters. The summed E-state index contributed by atoms with van der Waals surface area (Å²) in [6.45, 7) is 0. The predicted octanol–water partition coefficient (Wildman–Crippen LogP) is -0.0281. The molecule has 1 rings (SSSR count). The Morgan fingerprint density at radius 1 is 1.00 bits per heavy atom. The fourth-order valence-electron chi connectivity index (χ4n) is 0.534. The van der Waals surface area contributed by atoms with Crippen LogP contribution in [0.4, 0.5) is 17.3 Å². The van der Waals surface area contributed by atoms with Crippen molar-refractivity contribution in [2.24, 2.45) is 0 Å². The summed E-state index contributed by atoms with van der Waals surface area (Å²) >= 11 is 0. The molecule has 0 aliphatic rings. The molecule has 0 fully saturated rings. The Balaban J connectivity index is 0. The number of halogens is 4. The van der Waals surface area contributed by atoms with Gasteiger partial charge in [-0.1, -0.05) is 24.1 Å². The van der Waals surface area contributed by atoms with E-state index in [4.69, 9.17) is 6.42 Å². The second kappa shape index (κ2) is 8.50. The molecule has 0 aliphatic heterocycles. The van der Waals surface area contributed by atoms with Crippen molar-refractivity contribution in [3.8, 4) is 12.3 Å². The Bertz CT molecular complexity index is 272. The molecule has 0 saturated heterocycles. The molecule has 70 valence electrons. The van der Waals surface area contributed by atoms with Crippen LogP contribution in [0.1, 0.15) is 5.56 Å². The van der Waals surface area contributed by atoms with Gasteiger partial charge in [0.1, 0.15) is 0 Å². The normalized spacial score (nSPS) is 8.79. The third-order valence-corrected chi connectivity index (χ3v) is 0.940. The maximum atomic E-state index is 9.75. The van der Waals surface area contributed by atoms with E-state index < -0.39 is 7.25 Å². The molecule has 0 saturated carbocycles. The van der Waals surface area contributed by atoms with E-state index in [0.29, 0.717) is 0 Å². The molecule has 1 aromatic rings. The van der Waals surface area contributed by atoms with Gasteiger partial charge < -0.3 is 17.3 Å². The van der Waals surface area contributed by atoms with E-state index in [-0.39, 0.29) is 51.4 Å². The number of hydrogen-bond acceptors (Lipinski definition) is 0. The van der Waals surface area contributed by atoms with Crippen molar-refractivity contribution in [2.75, 3.05) is 0 Å². The zero-order chi connectivity index (χ0) is 10.3. The average Bonchev–Trinajstić information content (AvgIpc) is 2.03. The van der Waals surface area contributed by atoms with Gasteiger partial charge in [-0.25, -0.2) is 0 Å². The summed E-state index contributed by atoms with van der Waals surface area (Å²) in [5, 5.41) is 0. The van der Waals surface area contributed by atoms with Crippen molar-refractivity contribution in [1.82, 2.24) is 0 Å². The summed E-state index contributed by atoms with van der Waals surface area (Å²) in [5.74, 6) is 2.53. The quantitative estimate of drug-likeness (QED) is 0.332. The molecule has 0 nitrogen and oxygen atoms in total.